The van der Waals surface area contributed by atoms with Crippen LogP contribution < -0.4 is 0 Å². The first-order valence-corrected chi connectivity index (χ1v) is 5.81. The molecule has 0 amide bonds. The third kappa shape index (κ3) is 3.34. The van der Waals surface area contributed by atoms with E-state index in [9.17, 15) is 0 Å². The number of halogens is 1. The molecule has 1 aromatic carbocycles. The molecule has 0 aliphatic rings. The molecule has 14 heavy (non-hydrogen) atoms. The largest absolute Gasteiger partial charge is 0.0840 e. The van der Waals surface area contributed by atoms with Gasteiger partial charge in [-0.3, -0.25) is 0 Å². The van der Waals surface area contributed by atoms with Crippen molar-refractivity contribution in [3.8, 4) is 0 Å². The SMILES string of the molecule is CC.CCc1c(Cl)cccc1C(C)C. The summed E-state index contributed by atoms with van der Waals surface area (Å²) in [5, 5.41) is 0.906. The topological polar surface area (TPSA) is 0 Å². The smallest absolute Gasteiger partial charge is 0.0440 e. The molecule has 0 N–H and O–H groups in total. The first-order valence-electron chi connectivity index (χ1n) is 5.44. The van der Waals surface area contributed by atoms with Crippen LogP contribution in [0.3, 0.4) is 0 Å². The normalized spacial score (nSPS) is 9.64. The van der Waals surface area contributed by atoms with E-state index >= 15 is 0 Å². The van der Waals surface area contributed by atoms with Gasteiger partial charge in [0.15, 0.2) is 0 Å². The van der Waals surface area contributed by atoms with Crippen LogP contribution in [0.2, 0.25) is 5.02 Å². The van der Waals surface area contributed by atoms with E-state index in [1.807, 2.05) is 26.0 Å². The van der Waals surface area contributed by atoms with E-state index in [1.54, 1.807) is 0 Å². The van der Waals surface area contributed by atoms with E-state index in [4.69, 9.17) is 11.6 Å². The predicted molar refractivity (Wildman–Crippen MR) is 66.3 cm³/mol. The molecular formula is C13H21Cl. The summed E-state index contributed by atoms with van der Waals surface area (Å²) in [4.78, 5) is 0. The highest BCUT2D eigenvalue weighted by atomic mass is 35.5. The molecule has 0 atom stereocenters. The second-order valence-corrected chi connectivity index (χ2v) is 3.72. The van der Waals surface area contributed by atoms with Crippen molar-refractivity contribution in [1.82, 2.24) is 0 Å². The summed E-state index contributed by atoms with van der Waals surface area (Å²) in [6.45, 7) is 10.5. The van der Waals surface area contributed by atoms with Crippen LogP contribution in [-0.2, 0) is 6.42 Å². The molecule has 0 aromatic heterocycles. The van der Waals surface area contributed by atoms with Gasteiger partial charge in [-0.2, -0.15) is 0 Å². The van der Waals surface area contributed by atoms with Crippen molar-refractivity contribution in [1.29, 1.82) is 0 Å². The first-order chi connectivity index (χ1) is 6.66. The second-order valence-electron chi connectivity index (χ2n) is 3.32. The Hall–Kier alpha value is -0.490. The summed E-state index contributed by atoms with van der Waals surface area (Å²) in [7, 11) is 0. The molecule has 0 nitrogen and oxygen atoms in total. The summed E-state index contributed by atoms with van der Waals surface area (Å²) in [6, 6.07) is 6.15. The molecule has 0 spiro atoms. The molecule has 1 heteroatoms. The van der Waals surface area contributed by atoms with E-state index in [2.05, 4.69) is 26.8 Å². The molecule has 0 fully saturated rings. The number of hydrogen-bond acceptors (Lipinski definition) is 0. The first kappa shape index (κ1) is 13.5. The molecule has 0 radical (unpaired) electrons. The van der Waals surface area contributed by atoms with Crippen LogP contribution in [0.1, 0.15) is 51.7 Å². The Balaban J connectivity index is 0.000000791. The lowest BCUT2D eigenvalue weighted by Crippen LogP contribution is -1.95. The van der Waals surface area contributed by atoms with Gasteiger partial charge in [0.05, 0.1) is 0 Å². The zero-order valence-electron chi connectivity index (χ0n) is 9.89. The van der Waals surface area contributed by atoms with Crippen LogP contribution in [0.15, 0.2) is 18.2 Å². The Bertz CT molecular complexity index is 264. The van der Waals surface area contributed by atoms with Gasteiger partial charge < -0.3 is 0 Å². The van der Waals surface area contributed by atoms with E-state index < -0.39 is 0 Å². The Morgan fingerprint density at radius 3 is 2.14 bits per heavy atom. The molecule has 0 heterocycles. The molecule has 0 aliphatic carbocycles. The zero-order valence-corrected chi connectivity index (χ0v) is 10.7. The number of hydrogen-bond donors (Lipinski definition) is 0. The second kappa shape index (κ2) is 6.89. The van der Waals surface area contributed by atoms with Gasteiger partial charge in [-0.05, 0) is 29.5 Å². The highest BCUT2D eigenvalue weighted by Gasteiger charge is 2.07. The van der Waals surface area contributed by atoms with Gasteiger partial charge in [-0.15, -0.1) is 0 Å². The lowest BCUT2D eigenvalue weighted by Gasteiger charge is -2.12. The average Bonchev–Trinajstić information content (AvgIpc) is 2.20. The molecule has 0 saturated heterocycles. The lowest BCUT2D eigenvalue weighted by molar-refractivity contribution is 0.844. The quantitative estimate of drug-likeness (QED) is 0.644. The van der Waals surface area contributed by atoms with Crippen LogP contribution >= 0.6 is 11.6 Å². The fraction of sp³-hybridized carbons (Fsp3) is 0.538. The fourth-order valence-electron chi connectivity index (χ4n) is 1.49. The average molecular weight is 213 g/mol. The standard InChI is InChI=1S/C11H15Cl.C2H6/c1-4-9-10(8(2)3)6-5-7-11(9)12;1-2/h5-8H,4H2,1-3H3;1-2H3. The van der Waals surface area contributed by atoms with Gasteiger partial charge in [0, 0.05) is 5.02 Å². The molecule has 0 aliphatic heterocycles. The highest BCUT2D eigenvalue weighted by Crippen LogP contribution is 2.26. The lowest BCUT2D eigenvalue weighted by atomic mass is 9.96. The molecule has 0 unspecified atom stereocenters. The van der Waals surface area contributed by atoms with Crippen LogP contribution in [0, 0.1) is 0 Å². The Kier molecular flexibility index (Phi) is 6.65. The van der Waals surface area contributed by atoms with Gasteiger partial charge in [0.1, 0.15) is 0 Å². The number of rotatable bonds is 2. The fourth-order valence-corrected chi connectivity index (χ4v) is 1.80. The monoisotopic (exact) mass is 212 g/mol. The minimum atomic E-state index is 0.568. The van der Waals surface area contributed by atoms with E-state index in [-0.39, 0.29) is 0 Å². The minimum absolute atomic E-state index is 0.568. The van der Waals surface area contributed by atoms with Gasteiger partial charge >= 0.3 is 0 Å². The van der Waals surface area contributed by atoms with Crippen molar-refractivity contribution in [3.05, 3.63) is 34.3 Å². The molecule has 1 rings (SSSR count). The maximum atomic E-state index is 6.07. The molecule has 80 valence electrons. The van der Waals surface area contributed by atoms with Gasteiger partial charge in [0.2, 0.25) is 0 Å². The van der Waals surface area contributed by atoms with Crippen molar-refractivity contribution in [2.45, 2.75) is 47.0 Å². The third-order valence-corrected chi connectivity index (χ3v) is 2.48. The molecule has 0 bridgehead atoms. The van der Waals surface area contributed by atoms with Crippen molar-refractivity contribution in [3.63, 3.8) is 0 Å². The highest BCUT2D eigenvalue weighted by molar-refractivity contribution is 6.31. The van der Waals surface area contributed by atoms with Gasteiger partial charge in [-0.1, -0.05) is 58.4 Å². The van der Waals surface area contributed by atoms with Gasteiger partial charge in [0.25, 0.3) is 0 Å². The minimum Gasteiger partial charge on any atom is -0.0840 e. The Morgan fingerprint density at radius 2 is 1.79 bits per heavy atom. The third-order valence-electron chi connectivity index (χ3n) is 2.13. The van der Waals surface area contributed by atoms with Crippen LogP contribution in [0.4, 0.5) is 0 Å². The number of benzene rings is 1. The molecule has 1 aromatic rings. The van der Waals surface area contributed by atoms with E-state index in [1.165, 1.54) is 11.1 Å². The Labute approximate surface area is 93.3 Å². The van der Waals surface area contributed by atoms with Crippen LogP contribution in [-0.4, -0.2) is 0 Å². The predicted octanol–water partition coefficient (Wildman–Crippen LogP) is 5.05. The maximum Gasteiger partial charge on any atom is 0.0440 e. The summed E-state index contributed by atoms with van der Waals surface area (Å²) in [5.41, 5.74) is 2.68. The maximum absolute atomic E-state index is 6.07. The summed E-state index contributed by atoms with van der Waals surface area (Å²) in [6.07, 6.45) is 1.02. The van der Waals surface area contributed by atoms with Crippen LogP contribution in [0.5, 0.6) is 0 Å². The van der Waals surface area contributed by atoms with E-state index in [0.717, 1.165) is 11.4 Å². The van der Waals surface area contributed by atoms with Crippen molar-refractivity contribution in [2.24, 2.45) is 0 Å². The van der Waals surface area contributed by atoms with Crippen molar-refractivity contribution in [2.75, 3.05) is 0 Å². The van der Waals surface area contributed by atoms with E-state index in [0.29, 0.717) is 5.92 Å². The summed E-state index contributed by atoms with van der Waals surface area (Å²) in [5.74, 6) is 0.568. The van der Waals surface area contributed by atoms with Gasteiger partial charge in [-0.25, -0.2) is 0 Å². The molecular weight excluding hydrogens is 192 g/mol. The Morgan fingerprint density at radius 1 is 1.21 bits per heavy atom. The zero-order chi connectivity index (χ0) is 11.1. The van der Waals surface area contributed by atoms with Crippen molar-refractivity contribution >= 4 is 11.6 Å². The van der Waals surface area contributed by atoms with Crippen molar-refractivity contribution < 1.29 is 0 Å². The summed E-state index contributed by atoms with van der Waals surface area (Å²) >= 11 is 6.07. The molecule has 0 saturated carbocycles. The van der Waals surface area contributed by atoms with Crippen LogP contribution in [0.25, 0.3) is 0 Å². The summed E-state index contributed by atoms with van der Waals surface area (Å²) < 4.78 is 0.